The normalized spacial score (nSPS) is 12.4. The number of sulfonamides is 1. The molecule has 0 bridgehead atoms. The van der Waals surface area contributed by atoms with Crippen LogP contribution in [-0.2, 0) is 16.6 Å². The maximum atomic E-state index is 12.1. The molecule has 4 nitrogen and oxygen atoms in total. The van der Waals surface area contributed by atoms with Crippen molar-refractivity contribution in [2.75, 3.05) is 33.4 Å². The zero-order chi connectivity index (χ0) is 14.6. The van der Waals surface area contributed by atoms with Gasteiger partial charge in [0.25, 0.3) is 0 Å². The maximum absolute atomic E-state index is 12.1. The van der Waals surface area contributed by atoms with Crippen molar-refractivity contribution in [1.82, 2.24) is 9.21 Å². The van der Waals surface area contributed by atoms with Crippen LogP contribution >= 0.6 is 23.2 Å². The van der Waals surface area contributed by atoms with E-state index in [1.54, 1.807) is 25.2 Å². The van der Waals surface area contributed by atoms with Gasteiger partial charge in [-0.3, -0.25) is 0 Å². The van der Waals surface area contributed by atoms with Gasteiger partial charge in [-0.15, -0.1) is 0 Å². The molecule has 7 heteroatoms. The van der Waals surface area contributed by atoms with Crippen LogP contribution in [0.4, 0.5) is 0 Å². The Balaban J connectivity index is 2.79. The minimum Gasteiger partial charge on any atom is -0.308 e. The van der Waals surface area contributed by atoms with E-state index in [9.17, 15) is 8.42 Å². The van der Waals surface area contributed by atoms with Crippen LogP contribution < -0.4 is 0 Å². The summed E-state index contributed by atoms with van der Waals surface area (Å²) in [6.45, 7) is 0.700. The van der Waals surface area contributed by atoms with Crippen molar-refractivity contribution in [2.45, 2.75) is 6.54 Å². The largest absolute Gasteiger partial charge is 0.308 e. The summed E-state index contributed by atoms with van der Waals surface area (Å²) in [5.41, 5.74) is 0.699. The van der Waals surface area contributed by atoms with Gasteiger partial charge in [0.1, 0.15) is 0 Å². The van der Waals surface area contributed by atoms with Crippen molar-refractivity contribution in [2.24, 2.45) is 0 Å². The minimum absolute atomic E-state index is 0.0781. The Bertz CT molecular complexity index is 533. The third-order valence-electron chi connectivity index (χ3n) is 2.70. The lowest BCUT2D eigenvalue weighted by molar-refractivity contribution is 0.417. The quantitative estimate of drug-likeness (QED) is 0.806. The second-order valence-corrected chi connectivity index (χ2v) is 7.57. The lowest BCUT2D eigenvalue weighted by Gasteiger charge is -2.19. The highest BCUT2D eigenvalue weighted by Gasteiger charge is 2.19. The zero-order valence-electron chi connectivity index (χ0n) is 11.2. The molecular formula is C12H18Cl2N2O2S. The zero-order valence-corrected chi connectivity index (χ0v) is 13.6. The van der Waals surface area contributed by atoms with E-state index in [0.29, 0.717) is 22.2 Å². The van der Waals surface area contributed by atoms with Crippen molar-refractivity contribution < 1.29 is 8.42 Å². The first kappa shape index (κ1) is 16.7. The van der Waals surface area contributed by atoms with E-state index < -0.39 is 10.0 Å². The van der Waals surface area contributed by atoms with Gasteiger partial charge >= 0.3 is 0 Å². The smallest absolute Gasteiger partial charge is 0.215 e. The molecule has 0 saturated carbocycles. The van der Waals surface area contributed by atoms with Gasteiger partial charge in [-0.05, 0) is 25.7 Å². The molecule has 0 amide bonds. The molecule has 1 aromatic rings. The summed E-state index contributed by atoms with van der Waals surface area (Å²) in [5, 5.41) is 0.831. The number of hydrogen-bond donors (Lipinski definition) is 0. The van der Waals surface area contributed by atoms with E-state index >= 15 is 0 Å². The molecule has 1 aromatic carbocycles. The standard InChI is InChI=1S/C12H18Cl2N2O2S/c1-15(2)7-8-19(17,18)16(3)9-10-5-4-6-11(13)12(10)14/h4-6H,7-9H2,1-3H3. The fourth-order valence-electron chi connectivity index (χ4n) is 1.46. The molecule has 0 fully saturated rings. The van der Waals surface area contributed by atoms with E-state index in [1.165, 1.54) is 4.31 Å². The van der Waals surface area contributed by atoms with Gasteiger partial charge in [0.15, 0.2) is 0 Å². The van der Waals surface area contributed by atoms with Crippen molar-refractivity contribution in [3.8, 4) is 0 Å². The Kier molecular flexibility index (Phi) is 6.08. The fraction of sp³-hybridized carbons (Fsp3) is 0.500. The second kappa shape index (κ2) is 6.90. The first-order valence-electron chi connectivity index (χ1n) is 5.75. The van der Waals surface area contributed by atoms with Gasteiger partial charge in [-0.1, -0.05) is 35.3 Å². The summed E-state index contributed by atoms with van der Waals surface area (Å²) in [6.07, 6.45) is 0. The number of halogens is 2. The van der Waals surface area contributed by atoms with Gasteiger partial charge in [0, 0.05) is 20.1 Å². The van der Waals surface area contributed by atoms with Gasteiger partial charge < -0.3 is 4.90 Å². The highest BCUT2D eigenvalue weighted by molar-refractivity contribution is 7.89. The van der Waals surface area contributed by atoms with E-state index in [1.807, 2.05) is 19.0 Å². The van der Waals surface area contributed by atoms with Crippen molar-refractivity contribution >= 4 is 33.2 Å². The topological polar surface area (TPSA) is 40.6 Å². The third-order valence-corrected chi connectivity index (χ3v) is 5.33. The summed E-state index contributed by atoms with van der Waals surface area (Å²) in [5.74, 6) is 0.0781. The molecule has 0 unspecified atom stereocenters. The summed E-state index contributed by atoms with van der Waals surface area (Å²) < 4.78 is 25.4. The lowest BCUT2D eigenvalue weighted by Crippen LogP contribution is -2.33. The molecule has 0 atom stereocenters. The van der Waals surface area contributed by atoms with Crippen LogP contribution in [0.25, 0.3) is 0 Å². The summed E-state index contributed by atoms with van der Waals surface area (Å²) in [4.78, 5) is 1.83. The monoisotopic (exact) mass is 324 g/mol. The van der Waals surface area contributed by atoms with Gasteiger partial charge in [-0.25, -0.2) is 12.7 Å². The predicted octanol–water partition coefficient (Wildman–Crippen LogP) is 2.32. The highest BCUT2D eigenvalue weighted by Crippen LogP contribution is 2.26. The Morgan fingerprint density at radius 2 is 1.79 bits per heavy atom. The summed E-state index contributed by atoms with van der Waals surface area (Å²) >= 11 is 12.0. The molecule has 0 spiro atoms. The molecule has 0 heterocycles. The Labute approximate surface area is 125 Å². The molecule has 1 rings (SSSR count). The molecule has 0 aliphatic carbocycles. The molecule has 108 valence electrons. The van der Waals surface area contributed by atoms with Crippen LogP contribution in [-0.4, -0.2) is 51.1 Å². The number of rotatable bonds is 6. The fourth-order valence-corrected chi connectivity index (χ4v) is 3.09. The van der Waals surface area contributed by atoms with Crippen LogP contribution in [0.15, 0.2) is 18.2 Å². The summed E-state index contributed by atoms with van der Waals surface area (Å²) in [6, 6.07) is 5.20. The molecular weight excluding hydrogens is 307 g/mol. The van der Waals surface area contributed by atoms with Crippen LogP contribution in [0.3, 0.4) is 0 Å². The van der Waals surface area contributed by atoms with Gasteiger partial charge in [0.05, 0.1) is 15.8 Å². The lowest BCUT2D eigenvalue weighted by atomic mass is 10.2. The van der Waals surface area contributed by atoms with E-state index in [2.05, 4.69) is 0 Å². The first-order valence-corrected chi connectivity index (χ1v) is 8.12. The van der Waals surface area contributed by atoms with E-state index in [-0.39, 0.29) is 12.3 Å². The Morgan fingerprint density at radius 1 is 1.16 bits per heavy atom. The van der Waals surface area contributed by atoms with Crippen molar-refractivity contribution in [1.29, 1.82) is 0 Å². The second-order valence-electron chi connectivity index (χ2n) is 4.59. The van der Waals surface area contributed by atoms with Gasteiger partial charge in [-0.2, -0.15) is 0 Å². The average Bonchev–Trinajstić information content (AvgIpc) is 2.32. The van der Waals surface area contributed by atoms with Crippen LogP contribution in [0.2, 0.25) is 10.0 Å². The first-order chi connectivity index (χ1) is 8.74. The van der Waals surface area contributed by atoms with E-state index in [4.69, 9.17) is 23.2 Å². The third kappa shape index (κ3) is 4.93. The number of nitrogens with zero attached hydrogens (tertiary/aromatic N) is 2. The Hall–Kier alpha value is -0.330. The predicted molar refractivity (Wildman–Crippen MR) is 80.3 cm³/mol. The molecule has 0 aromatic heterocycles. The number of benzene rings is 1. The molecule has 19 heavy (non-hydrogen) atoms. The SMILES string of the molecule is CN(C)CCS(=O)(=O)N(C)Cc1cccc(Cl)c1Cl. The molecule has 0 saturated heterocycles. The molecule has 0 radical (unpaired) electrons. The van der Waals surface area contributed by atoms with Crippen LogP contribution in [0.5, 0.6) is 0 Å². The van der Waals surface area contributed by atoms with Crippen LogP contribution in [0.1, 0.15) is 5.56 Å². The van der Waals surface area contributed by atoms with Gasteiger partial charge in [0.2, 0.25) is 10.0 Å². The maximum Gasteiger partial charge on any atom is 0.215 e. The van der Waals surface area contributed by atoms with Crippen LogP contribution in [0, 0.1) is 0 Å². The molecule has 0 aliphatic heterocycles. The average molecular weight is 325 g/mol. The number of hydrogen-bond acceptors (Lipinski definition) is 3. The van der Waals surface area contributed by atoms with Crippen molar-refractivity contribution in [3.63, 3.8) is 0 Å². The van der Waals surface area contributed by atoms with Crippen molar-refractivity contribution in [3.05, 3.63) is 33.8 Å². The van der Waals surface area contributed by atoms with E-state index in [0.717, 1.165) is 0 Å². The minimum atomic E-state index is -3.29. The Morgan fingerprint density at radius 3 is 2.37 bits per heavy atom. The molecule has 0 aliphatic rings. The molecule has 0 N–H and O–H groups in total. The highest BCUT2D eigenvalue weighted by atomic mass is 35.5. The summed E-state index contributed by atoms with van der Waals surface area (Å²) in [7, 11) is 1.92.